The van der Waals surface area contributed by atoms with Crippen molar-refractivity contribution in [3.8, 4) is 34.1 Å². The van der Waals surface area contributed by atoms with Crippen molar-refractivity contribution in [3.05, 3.63) is 72.9 Å². The Bertz CT molecular complexity index is 1030. The molecule has 0 aliphatic rings. The first-order valence-corrected chi connectivity index (χ1v) is 7.55. The van der Waals surface area contributed by atoms with Gasteiger partial charge in [-0.3, -0.25) is 0 Å². The van der Waals surface area contributed by atoms with Gasteiger partial charge in [0.05, 0.1) is 5.52 Å². The van der Waals surface area contributed by atoms with Crippen molar-refractivity contribution >= 4 is 10.9 Å². The highest BCUT2D eigenvalue weighted by atomic mass is 16.3. The van der Waals surface area contributed by atoms with Gasteiger partial charge in [-0.1, -0.05) is 18.2 Å². The fourth-order valence-corrected chi connectivity index (χ4v) is 2.94. The molecule has 0 bridgehead atoms. The molecule has 3 N–H and O–H groups in total. The van der Waals surface area contributed by atoms with E-state index in [-0.39, 0.29) is 17.2 Å². The Balaban J connectivity index is 2.01. The van der Waals surface area contributed by atoms with E-state index in [2.05, 4.69) is 0 Å². The Morgan fingerprint density at radius 2 is 1.38 bits per heavy atom. The maximum absolute atomic E-state index is 9.88. The number of benzene rings is 3. The van der Waals surface area contributed by atoms with Crippen LogP contribution in [0.5, 0.6) is 17.2 Å². The summed E-state index contributed by atoms with van der Waals surface area (Å²) in [6.45, 7) is 0. The summed E-state index contributed by atoms with van der Waals surface area (Å²) >= 11 is 0. The fraction of sp³-hybridized carbons (Fsp3) is 0. The van der Waals surface area contributed by atoms with Crippen LogP contribution in [0.1, 0.15) is 0 Å². The molecule has 0 fully saturated rings. The van der Waals surface area contributed by atoms with Gasteiger partial charge in [0.2, 0.25) is 0 Å². The van der Waals surface area contributed by atoms with Crippen LogP contribution in [-0.2, 0) is 0 Å². The molecule has 0 saturated carbocycles. The monoisotopic (exact) mass is 317 g/mol. The third-order valence-corrected chi connectivity index (χ3v) is 4.08. The van der Waals surface area contributed by atoms with E-state index < -0.39 is 0 Å². The average Bonchev–Trinajstić information content (AvgIpc) is 2.94. The van der Waals surface area contributed by atoms with Crippen LogP contribution in [0.15, 0.2) is 72.9 Å². The van der Waals surface area contributed by atoms with E-state index in [4.69, 9.17) is 0 Å². The maximum atomic E-state index is 9.88. The highest BCUT2D eigenvalue weighted by molar-refractivity contribution is 5.97. The Morgan fingerprint density at radius 3 is 2.12 bits per heavy atom. The van der Waals surface area contributed by atoms with Crippen molar-refractivity contribution in [2.24, 2.45) is 0 Å². The van der Waals surface area contributed by atoms with Crippen molar-refractivity contribution in [2.45, 2.75) is 0 Å². The number of hydrogen-bond acceptors (Lipinski definition) is 3. The lowest BCUT2D eigenvalue weighted by Crippen LogP contribution is -1.90. The third kappa shape index (κ3) is 2.34. The average molecular weight is 317 g/mol. The van der Waals surface area contributed by atoms with E-state index in [1.807, 2.05) is 35.0 Å². The van der Waals surface area contributed by atoms with E-state index in [1.165, 1.54) is 0 Å². The zero-order valence-corrected chi connectivity index (χ0v) is 12.7. The Labute approximate surface area is 138 Å². The van der Waals surface area contributed by atoms with Crippen LogP contribution in [0.4, 0.5) is 0 Å². The van der Waals surface area contributed by atoms with E-state index in [0.29, 0.717) is 0 Å². The molecule has 0 radical (unpaired) electrons. The first-order valence-electron chi connectivity index (χ1n) is 7.55. The molecule has 0 atom stereocenters. The first kappa shape index (κ1) is 14.2. The van der Waals surface area contributed by atoms with Crippen molar-refractivity contribution in [3.63, 3.8) is 0 Å². The number of aromatic hydroxyl groups is 3. The molecule has 0 spiro atoms. The minimum absolute atomic E-state index is 0.180. The molecule has 1 heterocycles. The van der Waals surface area contributed by atoms with Crippen LogP contribution in [0.2, 0.25) is 0 Å². The van der Waals surface area contributed by atoms with E-state index in [1.54, 1.807) is 42.5 Å². The third-order valence-electron chi connectivity index (χ3n) is 4.08. The van der Waals surface area contributed by atoms with Gasteiger partial charge < -0.3 is 19.9 Å². The zero-order valence-electron chi connectivity index (χ0n) is 12.7. The molecule has 3 aromatic carbocycles. The van der Waals surface area contributed by atoms with Crippen molar-refractivity contribution < 1.29 is 15.3 Å². The van der Waals surface area contributed by atoms with Crippen molar-refractivity contribution in [1.29, 1.82) is 0 Å². The van der Waals surface area contributed by atoms with Crippen LogP contribution in [0.3, 0.4) is 0 Å². The Kier molecular flexibility index (Phi) is 3.17. The summed E-state index contributed by atoms with van der Waals surface area (Å²) in [6, 6.07) is 19.2. The van der Waals surface area contributed by atoms with Crippen LogP contribution in [0.25, 0.3) is 27.7 Å². The number of hydrogen-bond donors (Lipinski definition) is 3. The molecule has 4 heteroatoms. The van der Waals surface area contributed by atoms with Crippen LogP contribution < -0.4 is 0 Å². The molecule has 1 aromatic heterocycles. The molecule has 4 rings (SSSR count). The molecule has 4 aromatic rings. The summed E-state index contributed by atoms with van der Waals surface area (Å²) in [5.41, 5.74) is 3.58. The van der Waals surface area contributed by atoms with Crippen molar-refractivity contribution in [1.82, 2.24) is 4.57 Å². The molecule has 0 unspecified atom stereocenters. The van der Waals surface area contributed by atoms with Gasteiger partial charge in [-0.2, -0.15) is 0 Å². The molecular weight excluding hydrogens is 302 g/mol. The Hall–Kier alpha value is -3.40. The number of phenolic OH excluding ortho intramolecular Hbond substituents is 3. The summed E-state index contributed by atoms with van der Waals surface area (Å²) in [6.07, 6.45) is 1.96. The lowest BCUT2D eigenvalue weighted by Gasteiger charge is -2.06. The molecule has 4 nitrogen and oxygen atoms in total. The largest absolute Gasteiger partial charge is 0.508 e. The topological polar surface area (TPSA) is 65.6 Å². The first-order chi connectivity index (χ1) is 11.6. The Morgan fingerprint density at radius 1 is 0.667 bits per heavy atom. The second-order valence-electron chi connectivity index (χ2n) is 5.68. The van der Waals surface area contributed by atoms with Gasteiger partial charge in [-0.15, -0.1) is 0 Å². The van der Waals surface area contributed by atoms with Gasteiger partial charge in [0.15, 0.2) is 0 Å². The molecule has 24 heavy (non-hydrogen) atoms. The van der Waals surface area contributed by atoms with Gasteiger partial charge in [0.25, 0.3) is 0 Å². The summed E-state index contributed by atoms with van der Waals surface area (Å²) < 4.78 is 1.93. The summed E-state index contributed by atoms with van der Waals surface area (Å²) in [4.78, 5) is 0. The number of phenols is 3. The number of rotatable bonds is 2. The quantitative estimate of drug-likeness (QED) is 0.513. The lowest BCUT2D eigenvalue weighted by molar-refractivity contribution is 0.474. The fourth-order valence-electron chi connectivity index (χ4n) is 2.94. The zero-order chi connectivity index (χ0) is 16.7. The highest BCUT2D eigenvalue weighted by Gasteiger charge is 2.12. The number of nitrogens with zero attached hydrogens (tertiary/aromatic N) is 1. The van der Waals surface area contributed by atoms with Gasteiger partial charge in [0.1, 0.15) is 17.2 Å². The maximum Gasteiger partial charge on any atom is 0.117 e. The number of aromatic nitrogens is 1. The summed E-state index contributed by atoms with van der Waals surface area (Å²) in [5.74, 6) is 0.577. The smallest absolute Gasteiger partial charge is 0.117 e. The molecular formula is C20H15NO3. The molecule has 118 valence electrons. The second kappa shape index (κ2) is 5.35. The second-order valence-corrected chi connectivity index (χ2v) is 5.68. The van der Waals surface area contributed by atoms with Crippen LogP contribution in [0, 0.1) is 0 Å². The predicted molar refractivity (Wildman–Crippen MR) is 93.7 cm³/mol. The summed E-state index contributed by atoms with van der Waals surface area (Å²) in [5, 5.41) is 30.1. The van der Waals surface area contributed by atoms with E-state index in [0.717, 1.165) is 27.7 Å². The van der Waals surface area contributed by atoms with Crippen molar-refractivity contribution in [2.75, 3.05) is 0 Å². The number of fused-ring (bicyclic) bond motifs is 1. The molecule has 0 aliphatic carbocycles. The van der Waals surface area contributed by atoms with Crippen LogP contribution in [-0.4, -0.2) is 19.9 Å². The highest BCUT2D eigenvalue weighted by Crippen LogP contribution is 2.35. The van der Waals surface area contributed by atoms with Crippen LogP contribution >= 0.6 is 0 Å². The van der Waals surface area contributed by atoms with E-state index in [9.17, 15) is 15.3 Å². The van der Waals surface area contributed by atoms with E-state index >= 15 is 0 Å². The lowest BCUT2D eigenvalue weighted by atomic mass is 10.0. The molecule has 0 aliphatic heterocycles. The summed E-state index contributed by atoms with van der Waals surface area (Å²) in [7, 11) is 0. The standard InChI is InChI=1S/C20H15NO3/c22-15-6-4-13(5-7-15)19-12-21(14-2-1-3-16(23)10-14)20-11-17(24)8-9-18(19)20/h1-12,22-24H. The molecule has 0 saturated heterocycles. The molecule has 0 amide bonds. The van der Waals surface area contributed by atoms with Gasteiger partial charge in [-0.05, 0) is 42.0 Å². The predicted octanol–water partition coefficient (Wildman–Crippen LogP) is 4.41. The van der Waals surface area contributed by atoms with Gasteiger partial charge in [0, 0.05) is 35.0 Å². The normalized spacial score (nSPS) is 11.0. The minimum atomic E-state index is 0.180. The SMILES string of the molecule is Oc1ccc(-c2cn(-c3cccc(O)c3)c3cc(O)ccc23)cc1. The minimum Gasteiger partial charge on any atom is -0.508 e. The van der Waals surface area contributed by atoms with Gasteiger partial charge >= 0.3 is 0 Å². The van der Waals surface area contributed by atoms with Gasteiger partial charge in [-0.25, -0.2) is 0 Å².